The number of carbonyl (C=O) groups is 1. The van der Waals surface area contributed by atoms with Crippen molar-refractivity contribution in [3.63, 3.8) is 0 Å². The first-order chi connectivity index (χ1) is 8.59. The van der Waals surface area contributed by atoms with E-state index in [0.29, 0.717) is 5.13 Å². The number of thiazole rings is 1. The van der Waals surface area contributed by atoms with Crippen LogP contribution in [0.5, 0.6) is 0 Å². The second-order valence-electron chi connectivity index (χ2n) is 3.05. The topological polar surface area (TPSA) is 98.0 Å². The number of nitro groups is 1. The second kappa shape index (κ2) is 5.07. The molecule has 0 bridgehead atoms. The van der Waals surface area contributed by atoms with Crippen LogP contribution < -0.4 is 5.32 Å². The Balaban J connectivity index is 2.36. The summed E-state index contributed by atoms with van der Waals surface area (Å²) in [4.78, 5) is 29.4. The number of pyridine rings is 1. The molecule has 0 saturated heterocycles. The van der Waals surface area contributed by atoms with Gasteiger partial charge in [-0.1, -0.05) is 11.6 Å². The Morgan fingerprint density at radius 1 is 1.44 bits per heavy atom. The van der Waals surface area contributed by atoms with Gasteiger partial charge in [-0.15, -0.1) is 11.3 Å². The Bertz CT molecular complexity index is 602. The van der Waals surface area contributed by atoms with E-state index in [-0.39, 0.29) is 10.7 Å². The van der Waals surface area contributed by atoms with E-state index >= 15 is 0 Å². The van der Waals surface area contributed by atoms with Crippen LogP contribution in [0.1, 0.15) is 10.4 Å². The van der Waals surface area contributed by atoms with Gasteiger partial charge in [-0.05, 0) is 6.07 Å². The highest BCUT2D eigenvalue weighted by atomic mass is 35.5. The van der Waals surface area contributed by atoms with Crippen LogP contribution in [0, 0.1) is 10.1 Å². The lowest BCUT2D eigenvalue weighted by atomic mass is 10.2. The maximum atomic E-state index is 11.9. The molecule has 2 heterocycles. The zero-order chi connectivity index (χ0) is 13.1. The van der Waals surface area contributed by atoms with Crippen molar-refractivity contribution >= 4 is 39.7 Å². The highest BCUT2D eigenvalue weighted by molar-refractivity contribution is 7.13. The predicted octanol–water partition coefficient (Wildman–Crippen LogP) is 2.35. The summed E-state index contributed by atoms with van der Waals surface area (Å²) in [5.74, 6) is -0.652. The van der Waals surface area contributed by atoms with E-state index in [1.165, 1.54) is 29.8 Å². The number of hydrogen-bond donors (Lipinski definition) is 1. The third-order valence-corrected chi connectivity index (χ3v) is 2.92. The fourth-order valence-electron chi connectivity index (χ4n) is 1.23. The van der Waals surface area contributed by atoms with Gasteiger partial charge < -0.3 is 0 Å². The summed E-state index contributed by atoms with van der Waals surface area (Å²) in [6.45, 7) is 0. The molecular weight excluding hydrogens is 280 g/mol. The molecule has 0 spiro atoms. The number of rotatable bonds is 3. The molecule has 2 aromatic rings. The molecule has 0 unspecified atom stereocenters. The van der Waals surface area contributed by atoms with Crippen molar-refractivity contribution in [2.24, 2.45) is 0 Å². The summed E-state index contributed by atoms with van der Waals surface area (Å²) in [5.41, 5.74) is -0.677. The van der Waals surface area contributed by atoms with E-state index in [1.54, 1.807) is 5.38 Å². The molecule has 0 fully saturated rings. The summed E-state index contributed by atoms with van der Waals surface area (Å²) in [7, 11) is 0. The van der Waals surface area contributed by atoms with Crippen LogP contribution in [0.3, 0.4) is 0 Å². The Hall–Kier alpha value is -2.06. The minimum atomic E-state index is -0.744. The lowest BCUT2D eigenvalue weighted by molar-refractivity contribution is -0.385. The Morgan fingerprint density at radius 2 is 2.22 bits per heavy atom. The van der Waals surface area contributed by atoms with Crippen LogP contribution in [0.4, 0.5) is 10.8 Å². The second-order valence-corrected chi connectivity index (χ2v) is 4.30. The van der Waals surface area contributed by atoms with E-state index in [2.05, 4.69) is 15.3 Å². The molecule has 0 aliphatic rings. The largest absolute Gasteiger partial charge is 0.319 e. The quantitative estimate of drug-likeness (QED) is 0.530. The van der Waals surface area contributed by atoms with Gasteiger partial charge in [0.1, 0.15) is 5.56 Å². The third-order valence-electron chi connectivity index (χ3n) is 1.96. The summed E-state index contributed by atoms with van der Waals surface area (Å²) < 4.78 is 0. The van der Waals surface area contributed by atoms with Crippen molar-refractivity contribution < 1.29 is 9.72 Å². The molecule has 1 N–H and O–H groups in total. The van der Waals surface area contributed by atoms with Gasteiger partial charge in [0.05, 0.1) is 4.92 Å². The van der Waals surface area contributed by atoms with Crippen LogP contribution >= 0.6 is 22.9 Å². The SMILES string of the molecule is O=C(Nc1nccs1)c1ccnc(Cl)c1[N+](=O)[O-]. The Labute approximate surface area is 110 Å². The minimum absolute atomic E-state index is 0.157. The van der Waals surface area contributed by atoms with Crippen molar-refractivity contribution in [1.29, 1.82) is 0 Å². The third kappa shape index (κ3) is 2.44. The van der Waals surface area contributed by atoms with Crippen LogP contribution in [-0.4, -0.2) is 20.8 Å². The van der Waals surface area contributed by atoms with Crippen molar-refractivity contribution in [3.8, 4) is 0 Å². The minimum Gasteiger partial charge on any atom is -0.298 e. The van der Waals surface area contributed by atoms with Gasteiger partial charge in [0.25, 0.3) is 5.91 Å². The average Bonchev–Trinajstić information content (AvgIpc) is 2.80. The van der Waals surface area contributed by atoms with Crippen LogP contribution in [0.25, 0.3) is 0 Å². The maximum Gasteiger partial charge on any atom is 0.319 e. The van der Waals surface area contributed by atoms with Crippen LogP contribution in [0.2, 0.25) is 5.15 Å². The molecule has 0 aromatic carbocycles. The monoisotopic (exact) mass is 284 g/mol. The Morgan fingerprint density at radius 3 is 2.83 bits per heavy atom. The molecule has 92 valence electrons. The molecule has 9 heteroatoms. The standard InChI is InChI=1S/C9H5ClN4O3S/c10-7-6(14(16)17)5(1-2-11-7)8(15)13-9-12-3-4-18-9/h1-4H,(H,12,13,15). The normalized spacial score (nSPS) is 10.1. The van der Waals surface area contributed by atoms with Crippen LogP contribution in [0.15, 0.2) is 23.8 Å². The average molecular weight is 285 g/mol. The number of nitrogens with zero attached hydrogens (tertiary/aromatic N) is 3. The fourth-order valence-corrected chi connectivity index (χ4v) is 1.99. The lowest BCUT2D eigenvalue weighted by Crippen LogP contribution is -2.14. The summed E-state index contributed by atoms with van der Waals surface area (Å²) in [6.07, 6.45) is 2.74. The first-order valence-electron chi connectivity index (χ1n) is 4.59. The molecule has 1 amide bonds. The van der Waals surface area contributed by atoms with Gasteiger partial charge in [0.2, 0.25) is 5.15 Å². The molecule has 2 aromatic heterocycles. The van der Waals surface area contributed by atoms with E-state index in [0.717, 1.165) is 0 Å². The predicted molar refractivity (Wildman–Crippen MR) is 66.0 cm³/mol. The molecule has 0 aliphatic heterocycles. The number of anilines is 1. The molecule has 0 radical (unpaired) electrons. The fraction of sp³-hybridized carbons (Fsp3) is 0. The maximum absolute atomic E-state index is 11.9. The molecule has 7 nitrogen and oxygen atoms in total. The highest BCUT2D eigenvalue weighted by Crippen LogP contribution is 2.26. The first kappa shape index (κ1) is 12.4. The van der Waals surface area contributed by atoms with Gasteiger partial charge >= 0.3 is 5.69 Å². The van der Waals surface area contributed by atoms with Gasteiger partial charge in [0, 0.05) is 17.8 Å². The number of halogens is 1. The molecule has 2 rings (SSSR count). The molecule has 0 saturated carbocycles. The molecule has 0 atom stereocenters. The molecular formula is C9H5ClN4O3S. The zero-order valence-corrected chi connectivity index (χ0v) is 10.2. The van der Waals surface area contributed by atoms with E-state index in [1.807, 2.05) is 0 Å². The molecule has 0 aliphatic carbocycles. The first-order valence-corrected chi connectivity index (χ1v) is 5.85. The van der Waals surface area contributed by atoms with Gasteiger partial charge in [-0.25, -0.2) is 9.97 Å². The van der Waals surface area contributed by atoms with Crippen LogP contribution in [-0.2, 0) is 0 Å². The zero-order valence-electron chi connectivity index (χ0n) is 8.66. The number of aromatic nitrogens is 2. The summed E-state index contributed by atoms with van der Waals surface area (Å²) in [6, 6.07) is 1.23. The number of carbonyl (C=O) groups excluding carboxylic acids is 1. The van der Waals surface area contributed by atoms with Gasteiger partial charge in [0.15, 0.2) is 5.13 Å². The van der Waals surface area contributed by atoms with Crippen molar-refractivity contribution in [2.45, 2.75) is 0 Å². The van der Waals surface area contributed by atoms with E-state index in [4.69, 9.17) is 11.6 Å². The van der Waals surface area contributed by atoms with E-state index in [9.17, 15) is 14.9 Å². The Kier molecular flexibility index (Phi) is 3.49. The number of amides is 1. The van der Waals surface area contributed by atoms with Crippen molar-refractivity contribution in [3.05, 3.63) is 44.7 Å². The summed E-state index contributed by atoms with van der Waals surface area (Å²) in [5, 5.41) is 15.0. The van der Waals surface area contributed by atoms with Gasteiger partial charge in [-0.3, -0.25) is 20.2 Å². The van der Waals surface area contributed by atoms with E-state index < -0.39 is 16.5 Å². The smallest absolute Gasteiger partial charge is 0.298 e. The molecule has 18 heavy (non-hydrogen) atoms. The number of nitrogens with one attached hydrogen (secondary N) is 1. The number of hydrogen-bond acceptors (Lipinski definition) is 6. The lowest BCUT2D eigenvalue weighted by Gasteiger charge is -2.03. The van der Waals surface area contributed by atoms with Crippen molar-refractivity contribution in [2.75, 3.05) is 5.32 Å². The van der Waals surface area contributed by atoms with Crippen molar-refractivity contribution in [1.82, 2.24) is 9.97 Å². The summed E-state index contributed by atoms with van der Waals surface area (Å²) >= 11 is 6.81. The van der Waals surface area contributed by atoms with Gasteiger partial charge in [-0.2, -0.15) is 0 Å². The highest BCUT2D eigenvalue weighted by Gasteiger charge is 2.25.